The molecular weight excluding hydrogens is 548 g/mol. The maximum atomic E-state index is 14.6. The SMILES string of the molecule is O=C(c1ccc(Cl)cc1)[C@@H]1[C@@H](c2ccc(Cl)cc2)C2(C(=O)c3ccccc3C2=O)[C@H]2C=Cc3cc(F)ccc3N12. The Balaban J connectivity index is 1.54. The third kappa shape index (κ3) is 3.34. The number of Topliss-reactive ketones (excluding diaryl/α,β-unsaturated/α-hetero) is 3. The van der Waals surface area contributed by atoms with Gasteiger partial charge in [0.05, 0.1) is 6.04 Å². The first kappa shape index (κ1) is 24.9. The highest BCUT2D eigenvalue weighted by Crippen LogP contribution is 2.61. The summed E-state index contributed by atoms with van der Waals surface area (Å²) in [5.41, 5.74) is 1.21. The number of anilines is 1. The molecule has 7 rings (SSSR count). The Hall–Kier alpha value is -4.06. The molecule has 0 bridgehead atoms. The van der Waals surface area contributed by atoms with Crippen LogP contribution in [-0.4, -0.2) is 29.4 Å². The normalized spacial score (nSPS) is 21.9. The van der Waals surface area contributed by atoms with Gasteiger partial charge in [0, 0.05) is 43.9 Å². The molecule has 0 aromatic heterocycles. The standard InChI is InChI=1S/C33H20Cl2FNO3/c34-21-10-5-18(6-11-21)28-29(30(38)19-7-12-22(35)13-8-19)37-26-15-14-23(36)17-20(26)9-16-27(37)33(28)31(39)24-3-1-2-4-25(24)32(33)40/h1-17,27-29H/t27-,28-,29+/m1/s1. The van der Waals surface area contributed by atoms with Gasteiger partial charge in [0.2, 0.25) is 0 Å². The first-order chi connectivity index (χ1) is 19.3. The van der Waals surface area contributed by atoms with Gasteiger partial charge >= 0.3 is 0 Å². The summed E-state index contributed by atoms with van der Waals surface area (Å²) in [5, 5.41) is 0.965. The summed E-state index contributed by atoms with van der Waals surface area (Å²) in [4.78, 5) is 45.5. The lowest BCUT2D eigenvalue weighted by atomic mass is 9.64. The molecule has 3 aliphatic rings. The summed E-state index contributed by atoms with van der Waals surface area (Å²) in [6.45, 7) is 0. The van der Waals surface area contributed by atoms with Gasteiger partial charge in [-0.2, -0.15) is 0 Å². The predicted molar refractivity (Wildman–Crippen MR) is 153 cm³/mol. The van der Waals surface area contributed by atoms with Crippen LogP contribution in [0.2, 0.25) is 10.0 Å². The Labute approximate surface area is 239 Å². The van der Waals surface area contributed by atoms with Gasteiger partial charge in [0.25, 0.3) is 0 Å². The van der Waals surface area contributed by atoms with Gasteiger partial charge < -0.3 is 4.90 Å². The van der Waals surface area contributed by atoms with Crippen molar-refractivity contribution in [2.24, 2.45) is 5.41 Å². The Morgan fingerprint density at radius 3 is 2.02 bits per heavy atom. The van der Waals surface area contributed by atoms with E-state index in [-0.39, 0.29) is 17.3 Å². The minimum atomic E-state index is -1.63. The Morgan fingerprint density at radius 1 is 0.800 bits per heavy atom. The zero-order valence-corrected chi connectivity index (χ0v) is 22.4. The smallest absolute Gasteiger partial charge is 0.185 e. The highest BCUT2D eigenvalue weighted by atomic mass is 35.5. The summed E-state index contributed by atoms with van der Waals surface area (Å²) in [6.07, 6.45) is 3.50. The second-order valence-corrected chi connectivity index (χ2v) is 11.2. The fraction of sp³-hybridized carbons (Fsp3) is 0.121. The molecular formula is C33H20Cl2FNO3. The molecule has 1 spiro atoms. The molecule has 2 heterocycles. The van der Waals surface area contributed by atoms with Gasteiger partial charge in [-0.3, -0.25) is 14.4 Å². The van der Waals surface area contributed by atoms with Crippen LogP contribution in [0.1, 0.15) is 48.1 Å². The summed E-state index contributed by atoms with van der Waals surface area (Å²) in [7, 11) is 0. The van der Waals surface area contributed by atoms with E-state index in [1.165, 1.54) is 12.1 Å². The third-order valence-corrected chi connectivity index (χ3v) is 8.90. The van der Waals surface area contributed by atoms with E-state index < -0.39 is 29.2 Å². The quantitative estimate of drug-likeness (QED) is 0.190. The van der Waals surface area contributed by atoms with E-state index >= 15 is 0 Å². The van der Waals surface area contributed by atoms with E-state index in [4.69, 9.17) is 23.2 Å². The monoisotopic (exact) mass is 567 g/mol. The summed E-state index contributed by atoms with van der Waals surface area (Å²) in [6, 6.07) is 22.9. The summed E-state index contributed by atoms with van der Waals surface area (Å²) in [5.74, 6) is -2.23. The number of carbonyl (C=O) groups excluding carboxylic acids is 3. The molecule has 0 unspecified atom stereocenters. The van der Waals surface area contributed by atoms with Crippen LogP contribution in [0.5, 0.6) is 0 Å². The maximum Gasteiger partial charge on any atom is 0.185 e. The van der Waals surface area contributed by atoms with E-state index in [2.05, 4.69) is 0 Å². The molecule has 0 N–H and O–H groups in total. The lowest BCUT2D eigenvalue weighted by molar-refractivity contribution is 0.0666. The first-order valence-electron chi connectivity index (χ1n) is 12.8. The number of hydrogen-bond donors (Lipinski definition) is 0. The number of carbonyl (C=O) groups is 3. The Kier molecular flexibility index (Phi) is 5.60. The molecule has 2 aliphatic heterocycles. The zero-order chi connectivity index (χ0) is 27.8. The minimum Gasteiger partial charge on any atom is -0.352 e. The Bertz CT molecular complexity index is 1730. The van der Waals surface area contributed by atoms with Crippen LogP contribution in [0.3, 0.4) is 0 Å². The average molecular weight is 568 g/mol. The van der Waals surface area contributed by atoms with Crippen molar-refractivity contribution in [3.8, 4) is 0 Å². The van der Waals surface area contributed by atoms with Crippen LogP contribution in [-0.2, 0) is 0 Å². The number of fused-ring (bicyclic) bond motifs is 5. The van der Waals surface area contributed by atoms with Gasteiger partial charge in [-0.05, 0) is 60.2 Å². The van der Waals surface area contributed by atoms with Crippen molar-refractivity contribution in [3.05, 3.63) is 141 Å². The number of hydrogen-bond acceptors (Lipinski definition) is 4. The van der Waals surface area contributed by atoms with Crippen molar-refractivity contribution >= 4 is 52.3 Å². The van der Waals surface area contributed by atoms with E-state index in [1.54, 1.807) is 91.0 Å². The van der Waals surface area contributed by atoms with E-state index in [0.29, 0.717) is 43.5 Å². The second-order valence-electron chi connectivity index (χ2n) is 10.3. The van der Waals surface area contributed by atoms with Gasteiger partial charge in [-0.15, -0.1) is 0 Å². The molecule has 0 radical (unpaired) electrons. The molecule has 0 saturated carbocycles. The molecule has 1 aliphatic carbocycles. The molecule has 196 valence electrons. The van der Waals surface area contributed by atoms with Crippen molar-refractivity contribution in [2.75, 3.05) is 4.90 Å². The van der Waals surface area contributed by atoms with Crippen molar-refractivity contribution in [2.45, 2.75) is 18.0 Å². The number of nitrogens with zero attached hydrogens (tertiary/aromatic N) is 1. The first-order valence-corrected chi connectivity index (χ1v) is 13.6. The molecule has 3 atom stereocenters. The summed E-state index contributed by atoms with van der Waals surface area (Å²) >= 11 is 12.4. The van der Waals surface area contributed by atoms with E-state index in [9.17, 15) is 18.8 Å². The lowest BCUT2D eigenvalue weighted by Crippen LogP contribution is -2.48. The topological polar surface area (TPSA) is 54.5 Å². The summed E-state index contributed by atoms with van der Waals surface area (Å²) < 4.78 is 14.3. The number of halogens is 3. The van der Waals surface area contributed by atoms with Crippen molar-refractivity contribution in [1.82, 2.24) is 0 Å². The molecule has 4 aromatic rings. The molecule has 40 heavy (non-hydrogen) atoms. The van der Waals surface area contributed by atoms with Gasteiger partial charge in [-0.25, -0.2) is 4.39 Å². The van der Waals surface area contributed by atoms with E-state index in [1.807, 2.05) is 4.90 Å². The maximum absolute atomic E-state index is 14.6. The van der Waals surface area contributed by atoms with Crippen LogP contribution in [0.25, 0.3) is 6.08 Å². The van der Waals surface area contributed by atoms with Crippen LogP contribution in [0, 0.1) is 11.2 Å². The fourth-order valence-corrected chi connectivity index (χ4v) is 7.03. The number of ketones is 3. The third-order valence-electron chi connectivity index (χ3n) is 8.39. The lowest BCUT2D eigenvalue weighted by Gasteiger charge is -2.37. The minimum absolute atomic E-state index is 0.277. The second kappa shape index (κ2) is 8.98. The van der Waals surface area contributed by atoms with Crippen molar-refractivity contribution in [1.29, 1.82) is 0 Å². The molecule has 4 aromatic carbocycles. The van der Waals surface area contributed by atoms with Crippen LogP contribution in [0.15, 0.2) is 97.1 Å². The zero-order valence-electron chi connectivity index (χ0n) is 20.9. The van der Waals surface area contributed by atoms with E-state index in [0.717, 1.165) is 0 Å². The molecule has 7 heteroatoms. The predicted octanol–water partition coefficient (Wildman–Crippen LogP) is 7.45. The highest BCUT2D eigenvalue weighted by Gasteiger charge is 2.71. The Morgan fingerprint density at radius 2 is 1.40 bits per heavy atom. The van der Waals surface area contributed by atoms with Crippen molar-refractivity contribution < 1.29 is 18.8 Å². The molecule has 0 amide bonds. The molecule has 1 fully saturated rings. The van der Waals surface area contributed by atoms with Gasteiger partial charge in [0.1, 0.15) is 17.3 Å². The highest BCUT2D eigenvalue weighted by molar-refractivity contribution is 6.33. The molecule has 1 saturated heterocycles. The largest absolute Gasteiger partial charge is 0.352 e. The van der Waals surface area contributed by atoms with Crippen molar-refractivity contribution in [3.63, 3.8) is 0 Å². The molecule has 4 nitrogen and oxygen atoms in total. The average Bonchev–Trinajstić information content (AvgIpc) is 3.39. The van der Waals surface area contributed by atoms with Crippen LogP contribution >= 0.6 is 23.2 Å². The van der Waals surface area contributed by atoms with Crippen LogP contribution in [0.4, 0.5) is 10.1 Å². The fourth-order valence-electron chi connectivity index (χ4n) is 6.78. The number of rotatable bonds is 3. The number of benzene rings is 4. The van der Waals surface area contributed by atoms with Gasteiger partial charge in [-0.1, -0.05) is 71.8 Å². The van der Waals surface area contributed by atoms with Crippen LogP contribution < -0.4 is 4.90 Å². The van der Waals surface area contributed by atoms with Gasteiger partial charge in [0.15, 0.2) is 17.3 Å².